The van der Waals surface area contributed by atoms with Gasteiger partial charge in [-0.05, 0) is 17.5 Å². The van der Waals surface area contributed by atoms with Crippen LogP contribution in [-0.2, 0) is 0 Å². The minimum atomic E-state index is -0.752. The molecule has 0 amide bonds. The van der Waals surface area contributed by atoms with Crippen LogP contribution in [0.2, 0.25) is 0 Å². The van der Waals surface area contributed by atoms with Crippen molar-refractivity contribution in [3.63, 3.8) is 0 Å². The largest absolute Gasteiger partial charge is 0.490 e. The number of aliphatic hydroxyl groups is 1. The Morgan fingerprint density at radius 1 is 1.44 bits per heavy atom. The number of methoxy groups -OCH3 is 1. The van der Waals surface area contributed by atoms with E-state index in [1.165, 1.54) is 19.2 Å². The first-order valence-corrected chi connectivity index (χ1v) is 5.64. The third-order valence-corrected chi connectivity index (χ3v) is 2.84. The second-order valence-corrected chi connectivity index (χ2v) is 4.45. The average Bonchev–Trinajstić information content (AvgIpc) is 2.35. The number of nitro groups is 1. The lowest BCUT2D eigenvalue weighted by Gasteiger charge is -2.22. The lowest BCUT2D eigenvalue weighted by Crippen LogP contribution is -2.30. The van der Waals surface area contributed by atoms with Crippen LogP contribution in [0.25, 0.3) is 0 Å². The van der Waals surface area contributed by atoms with Gasteiger partial charge in [-0.2, -0.15) is 0 Å². The zero-order valence-corrected chi connectivity index (χ0v) is 10.7. The summed E-state index contributed by atoms with van der Waals surface area (Å²) in [6.07, 6.45) is -0.752. The molecule has 0 unspecified atom stereocenters. The Bertz CT molecular complexity index is 434. The number of ether oxygens (including phenoxy) is 1. The summed E-state index contributed by atoms with van der Waals surface area (Å²) in [6.45, 7) is 3.67. The number of rotatable bonds is 5. The Balaban J connectivity index is 3.12. The van der Waals surface area contributed by atoms with Gasteiger partial charge >= 0.3 is 5.69 Å². The minimum absolute atomic E-state index is 0.0267. The molecule has 3 N–H and O–H groups in total. The molecule has 0 heterocycles. The topological polar surface area (TPSA) is 98.6 Å². The maximum atomic E-state index is 10.9. The lowest BCUT2D eigenvalue weighted by atomic mass is 9.94. The first-order valence-electron chi connectivity index (χ1n) is 5.64. The summed E-state index contributed by atoms with van der Waals surface area (Å²) in [5.41, 5.74) is 6.25. The minimum Gasteiger partial charge on any atom is -0.490 e. The van der Waals surface area contributed by atoms with E-state index in [2.05, 4.69) is 0 Å². The summed E-state index contributed by atoms with van der Waals surface area (Å²) in [7, 11) is 1.37. The fraction of sp³-hybridized carbons (Fsp3) is 0.500. The zero-order chi connectivity index (χ0) is 13.9. The van der Waals surface area contributed by atoms with Gasteiger partial charge in [0.25, 0.3) is 0 Å². The van der Waals surface area contributed by atoms with Crippen molar-refractivity contribution in [2.75, 3.05) is 7.11 Å². The number of benzene rings is 1. The van der Waals surface area contributed by atoms with E-state index in [0.717, 1.165) is 0 Å². The van der Waals surface area contributed by atoms with Crippen LogP contribution in [0.15, 0.2) is 18.2 Å². The molecular weight excluding hydrogens is 236 g/mol. The van der Waals surface area contributed by atoms with Gasteiger partial charge in [-0.1, -0.05) is 19.9 Å². The predicted molar refractivity (Wildman–Crippen MR) is 67.4 cm³/mol. The van der Waals surface area contributed by atoms with Crippen LogP contribution in [-0.4, -0.2) is 23.2 Å². The maximum absolute atomic E-state index is 10.9. The molecule has 0 aliphatic carbocycles. The third kappa shape index (κ3) is 2.96. The molecule has 0 aliphatic rings. The summed E-state index contributed by atoms with van der Waals surface area (Å²) in [6, 6.07) is 3.80. The highest BCUT2D eigenvalue weighted by molar-refractivity contribution is 5.49. The van der Waals surface area contributed by atoms with Crippen molar-refractivity contribution < 1.29 is 14.8 Å². The van der Waals surface area contributed by atoms with E-state index in [0.29, 0.717) is 5.56 Å². The van der Waals surface area contributed by atoms with Gasteiger partial charge in [0.2, 0.25) is 0 Å². The average molecular weight is 254 g/mol. The number of hydrogen-bond acceptors (Lipinski definition) is 5. The molecule has 0 radical (unpaired) electrons. The van der Waals surface area contributed by atoms with Crippen molar-refractivity contribution in [2.45, 2.75) is 26.0 Å². The Kier molecular flexibility index (Phi) is 4.63. The van der Waals surface area contributed by atoms with E-state index in [4.69, 9.17) is 10.5 Å². The smallest absolute Gasteiger partial charge is 0.311 e. The van der Waals surface area contributed by atoms with Crippen LogP contribution in [0.4, 0.5) is 5.69 Å². The van der Waals surface area contributed by atoms with Gasteiger partial charge in [-0.15, -0.1) is 0 Å². The van der Waals surface area contributed by atoms with Gasteiger partial charge in [0.1, 0.15) is 0 Å². The highest BCUT2D eigenvalue weighted by Crippen LogP contribution is 2.30. The van der Waals surface area contributed by atoms with Crippen LogP contribution < -0.4 is 10.5 Å². The quantitative estimate of drug-likeness (QED) is 0.614. The molecule has 0 saturated heterocycles. The number of hydrogen-bond donors (Lipinski definition) is 2. The van der Waals surface area contributed by atoms with Crippen molar-refractivity contribution in [3.05, 3.63) is 33.9 Å². The molecule has 0 aromatic heterocycles. The highest BCUT2D eigenvalue weighted by atomic mass is 16.6. The molecular formula is C12H18N2O4. The van der Waals surface area contributed by atoms with Gasteiger partial charge in [-0.3, -0.25) is 10.1 Å². The number of nitrogens with two attached hydrogens (primary N) is 1. The van der Waals surface area contributed by atoms with Crippen LogP contribution in [0.1, 0.15) is 25.5 Å². The molecule has 0 aliphatic heterocycles. The summed E-state index contributed by atoms with van der Waals surface area (Å²) in [5, 5.41) is 20.8. The zero-order valence-electron chi connectivity index (χ0n) is 10.7. The fourth-order valence-electron chi connectivity index (χ4n) is 1.67. The van der Waals surface area contributed by atoms with E-state index in [-0.39, 0.29) is 17.4 Å². The summed E-state index contributed by atoms with van der Waals surface area (Å²) in [4.78, 5) is 10.4. The molecule has 0 fully saturated rings. The first-order chi connectivity index (χ1) is 8.38. The highest BCUT2D eigenvalue weighted by Gasteiger charge is 2.23. The monoisotopic (exact) mass is 254 g/mol. The third-order valence-electron chi connectivity index (χ3n) is 2.84. The Morgan fingerprint density at radius 3 is 2.50 bits per heavy atom. The van der Waals surface area contributed by atoms with Crippen LogP contribution in [0.5, 0.6) is 5.75 Å². The van der Waals surface area contributed by atoms with E-state index in [1.807, 2.05) is 13.8 Å². The van der Waals surface area contributed by atoms with Crippen LogP contribution >= 0.6 is 0 Å². The number of aliphatic hydroxyl groups excluding tert-OH is 1. The van der Waals surface area contributed by atoms with E-state index in [9.17, 15) is 15.2 Å². The molecule has 0 spiro atoms. The number of nitrogens with zero attached hydrogens (tertiary/aromatic N) is 1. The molecule has 18 heavy (non-hydrogen) atoms. The van der Waals surface area contributed by atoms with Crippen LogP contribution in [0.3, 0.4) is 0 Å². The summed E-state index contributed by atoms with van der Waals surface area (Å²) in [5.74, 6) is 0.149. The fourth-order valence-corrected chi connectivity index (χ4v) is 1.67. The van der Waals surface area contributed by atoms with Crippen molar-refractivity contribution in [3.8, 4) is 5.75 Å². The molecule has 1 aromatic carbocycles. The first kappa shape index (κ1) is 14.4. The van der Waals surface area contributed by atoms with Crippen molar-refractivity contribution >= 4 is 5.69 Å². The van der Waals surface area contributed by atoms with Crippen molar-refractivity contribution in [1.82, 2.24) is 0 Å². The Labute approximate surface area is 106 Å². The molecule has 6 nitrogen and oxygen atoms in total. The normalized spacial score (nSPS) is 14.3. The molecule has 0 bridgehead atoms. The summed E-state index contributed by atoms with van der Waals surface area (Å²) >= 11 is 0. The van der Waals surface area contributed by atoms with Gasteiger partial charge in [0.15, 0.2) is 5.75 Å². The Morgan fingerprint density at radius 2 is 2.06 bits per heavy atom. The molecule has 0 saturated carbocycles. The second kappa shape index (κ2) is 5.79. The van der Waals surface area contributed by atoms with Crippen molar-refractivity contribution in [1.29, 1.82) is 0 Å². The molecule has 2 atom stereocenters. The lowest BCUT2D eigenvalue weighted by molar-refractivity contribution is -0.385. The van der Waals surface area contributed by atoms with Crippen LogP contribution in [0, 0.1) is 16.0 Å². The van der Waals surface area contributed by atoms with Gasteiger partial charge in [0.05, 0.1) is 24.2 Å². The Hall–Kier alpha value is -1.66. The second-order valence-electron chi connectivity index (χ2n) is 4.45. The molecule has 1 rings (SSSR count). The SMILES string of the molecule is COc1ccc([C@@H](N)[C@@H](O)C(C)C)cc1[N+](=O)[O-]. The van der Waals surface area contributed by atoms with Gasteiger partial charge < -0.3 is 15.6 Å². The van der Waals surface area contributed by atoms with Gasteiger partial charge in [-0.25, -0.2) is 0 Å². The van der Waals surface area contributed by atoms with E-state index in [1.54, 1.807) is 6.07 Å². The summed E-state index contributed by atoms with van der Waals surface area (Å²) < 4.78 is 4.90. The standard InChI is InChI=1S/C12H18N2O4/c1-7(2)12(15)11(13)8-4-5-10(18-3)9(6-8)14(16)17/h4-7,11-12,15H,13H2,1-3H3/t11-,12+/m1/s1. The predicted octanol–water partition coefficient (Wildman–Crippen LogP) is 1.62. The molecule has 1 aromatic rings. The molecule has 100 valence electrons. The number of nitro benzene ring substituents is 1. The van der Waals surface area contributed by atoms with E-state index >= 15 is 0 Å². The van der Waals surface area contributed by atoms with E-state index < -0.39 is 17.1 Å². The molecule has 6 heteroatoms. The maximum Gasteiger partial charge on any atom is 0.311 e. The van der Waals surface area contributed by atoms with Gasteiger partial charge in [0, 0.05) is 6.07 Å². The van der Waals surface area contributed by atoms with Crippen molar-refractivity contribution in [2.24, 2.45) is 11.7 Å².